The highest BCUT2D eigenvalue weighted by Gasteiger charge is 2.69. The molecule has 8 atom stereocenters. The molecular formula is C24H35N3O2S2. The predicted octanol–water partition coefficient (Wildman–Crippen LogP) is 5.53. The van der Waals surface area contributed by atoms with Crippen LogP contribution in [0.5, 0.6) is 0 Å². The average molecular weight is 462 g/mol. The fourth-order valence-electron chi connectivity index (χ4n) is 6.77. The molecule has 0 amide bonds. The van der Waals surface area contributed by atoms with Crippen molar-refractivity contribution in [1.29, 1.82) is 0 Å². The van der Waals surface area contributed by atoms with Crippen LogP contribution in [0.1, 0.15) is 80.1 Å². The van der Waals surface area contributed by atoms with Crippen molar-refractivity contribution in [2.45, 2.75) is 114 Å². The minimum Gasteiger partial charge on any atom is -0.382 e. The van der Waals surface area contributed by atoms with Crippen LogP contribution < -0.4 is 0 Å². The van der Waals surface area contributed by atoms with Crippen molar-refractivity contribution in [3.63, 3.8) is 0 Å². The van der Waals surface area contributed by atoms with Crippen molar-refractivity contribution in [3.8, 4) is 0 Å². The summed E-state index contributed by atoms with van der Waals surface area (Å²) in [5, 5.41) is 16.4. The summed E-state index contributed by atoms with van der Waals surface area (Å²) in [7, 11) is 0. The molecule has 0 aromatic heterocycles. The highest BCUT2D eigenvalue weighted by atomic mass is 32.1. The van der Waals surface area contributed by atoms with Crippen LogP contribution in [0.3, 0.4) is 0 Å². The van der Waals surface area contributed by atoms with Gasteiger partial charge in [0.05, 0.1) is 39.0 Å². The van der Waals surface area contributed by atoms with Crippen molar-refractivity contribution in [2.24, 2.45) is 27.2 Å². The molecule has 3 aliphatic rings. The zero-order valence-electron chi connectivity index (χ0n) is 19.6. The second-order valence-electron chi connectivity index (χ2n) is 11.3. The summed E-state index contributed by atoms with van der Waals surface area (Å²) in [4.78, 5) is 13.0. The maximum Gasteiger partial charge on any atom is 0.255 e. The Bertz CT molecular complexity index is 871. The molecule has 7 heteroatoms. The Balaban J connectivity index is 2.06. The smallest absolute Gasteiger partial charge is 0.255 e. The summed E-state index contributed by atoms with van der Waals surface area (Å²) in [6.45, 7) is 20.5. The number of isothiocyanates is 2. The standard InChI is InChI=1S/C24H35N3O2S2/c1-20(2,26-14-30)17-9-10-23(5,29-17)16-8-11-24(6,27-15-31)21(3)12-13-22(4,28)19(25-7)18(16)21/h16-19,28H,8-13H2,1-6H3/t16-,17-,18-,19+,21-,22+,23+,24-/m0/s1. The quantitative estimate of drug-likeness (QED) is 0.340. The van der Waals surface area contributed by atoms with Crippen molar-refractivity contribution < 1.29 is 9.84 Å². The van der Waals surface area contributed by atoms with Crippen LogP contribution in [0.2, 0.25) is 0 Å². The topological polar surface area (TPSA) is 58.5 Å². The van der Waals surface area contributed by atoms with Gasteiger partial charge in [0.15, 0.2) is 0 Å². The minimum atomic E-state index is -1.03. The molecule has 3 fully saturated rings. The Hall–Kier alpha value is -0.990. The third-order valence-electron chi connectivity index (χ3n) is 9.12. The van der Waals surface area contributed by atoms with E-state index in [0.717, 1.165) is 32.1 Å². The first-order valence-corrected chi connectivity index (χ1v) is 12.1. The molecule has 0 unspecified atom stereocenters. The number of ether oxygens (including phenoxy) is 1. The third-order valence-corrected chi connectivity index (χ3v) is 9.30. The van der Waals surface area contributed by atoms with Crippen LogP contribution in [-0.4, -0.2) is 49.9 Å². The largest absolute Gasteiger partial charge is 0.382 e. The molecule has 1 aliphatic heterocycles. The molecule has 2 aliphatic carbocycles. The Morgan fingerprint density at radius 1 is 1.06 bits per heavy atom. The number of hydrogen-bond acceptors (Lipinski definition) is 6. The van der Waals surface area contributed by atoms with E-state index in [1.165, 1.54) is 0 Å². The summed E-state index contributed by atoms with van der Waals surface area (Å²) in [5.41, 5.74) is -2.54. The predicted molar refractivity (Wildman–Crippen MR) is 130 cm³/mol. The van der Waals surface area contributed by atoms with Gasteiger partial charge < -0.3 is 14.7 Å². The number of rotatable bonds is 4. The maximum absolute atomic E-state index is 11.2. The zero-order valence-corrected chi connectivity index (χ0v) is 21.2. The zero-order chi connectivity index (χ0) is 23.3. The summed E-state index contributed by atoms with van der Waals surface area (Å²) in [5.74, 6) is 0.0783. The van der Waals surface area contributed by atoms with E-state index in [9.17, 15) is 5.11 Å². The summed E-state index contributed by atoms with van der Waals surface area (Å²) in [6, 6.07) is -0.511. The first-order valence-electron chi connectivity index (χ1n) is 11.2. The number of aliphatic imine (C=N–C) groups is 2. The van der Waals surface area contributed by atoms with E-state index in [1.54, 1.807) is 0 Å². The van der Waals surface area contributed by atoms with Gasteiger partial charge in [-0.3, -0.25) is 0 Å². The molecule has 5 nitrogen and oxygen atoms in total. The van der Waals surface area contributed by atoms with Crippen molar-refractivity contribution in [1.82, 2.24) is 0 Å². The third kappa shape index (κ3) is 3.86. The first kappa shape index (κ1) is 24.6. The molecule has 1 saturated heterocycles. The van der Waals surface area contributed by atoms with E-state index in [0.29, 0.717) is 6.42 Å². The number of nitrogens with zero attached hydrogens (tertiary/aromatic N) is 3. The second kappa shape index (κ2) is 8.10. The van der Waals surface area contributed by atoms with Gasteiger partial charge in [0.25, 0.3) is 6.04 Å². The van der Waals surface area contributed by atoms with Crippen LogP contribution in [-0.2, 0) is 4.74 Å². The van der Waals surface area contributed by atoms with E-state index in [4.69, 9.17) is 35.7 Å². The Morgan fingerprint density at radius 2 is 1.74 bits per heavy atom. The molecular weight excluding hydrogens is 426 g/mol. The molecule has 31 heavy (non-hydrogen) atoms. The molecule has 2 saturated carbocycles. The van der Waals surface area contributed by atoms with Gasteiger partial charge in [-0.1, -0.05) is 6.92 Å². The molecule has 0 aromatic rings. The molecule has 0 aromatic carbocycles. The van der Waals surface area contributed by atoms with Gasteiger partial charge in [-0.15, -0.1) is 0 Å². The molecule has 3 rings (SSSR count). The summed E-state index contributed by atoms with van der Waals surface area (Å²) in [6.07, 6.45) is 4.85. The van der Waals surface area contributed by atoms with Gasteiger partial charge in [-0.25, -0.2) is 16.6 Å². The van der Waals surface area contributed by atoms with Crippen LogP contribution in [0.4, 0.5) is 0 Å². The van der Waals surface area contributed by atoms with E-state index in [1.807, 2.05) is 20.8 Å². The van der Waals surface area contributed by atoms with Crippen molar-refractivity contribution in [2.75, 3.05) is 0 Å². The summed E-state index contributed by atoms with van der Waals surface area (Å²) >= 11 is 9.87. The van der Waals surface area contributed by atoms with Crippen LogP contribution in [0, 0.1) is 23.8 Å². The van der Waals surface area contributed by atoms with Crippen LogP contribution in [0.15, 0.2) is 9.98 Å². The highest BCUT2D eigenvalue weighted by Crippen LogP contribution is 2.64. The van der Waals surface area contributed by atoms with Gasteiger partial charge in [-0.05, 0) is 103 Å². The lowest BCUT2D eigenvalue weighted by Crippen LogP contribution is -2.66. The lowest BCUT2D eigenvalue weighted by atomic mass is 9.44. The maximum atomic E-state index is 11.2. The Kier molecular flexibility index (Phi) is 6.44. The number of hydrogen-bond donors (Lipinski definition) is 1. The van der Waals surface area contributed by atoms with Gasteiger partial charge >= 0.3 is 0 Å². The molecule has 170 valence electrons. The van der Waals surface area contributed by atoms with Gasteiger partial charge in [0.2, 0.25) is 0 Å². The lowest BCUT2D eigenvalue weighted by molar-refractivity contribution is -0.180. The lowest BCUT2D eigenvalue weighted by Gasteiger charge is -2.61. The number of fused-ring (bicyclic) bond motifs is 1. The normalized spacial score (nSPS) is 47.4. The van der Waals surface area contributed by atoms with Gasteiger partial charge in [0.1, 0.15) is 5.60 Å². The molecule has 0 spiro atoms. The highest BCUT2D eigenvalue weighted by molar-refractivity contribution is 7.78. The minimum absolute atomic E-state index is 0.0537. The van der Waals surface area contributed by atoms with E-state index < -0.39 is 28.3 Å². The summed E-state index contributed by atoms with van der Waals surface area (Å²) < 4.78 is 6.76. The van der Waals surface area contributed by atoms with Crippen LogP contribution >= 0.6 is 24.4 Å². The fourth-order valence-corrected chi connectivity index (χ4v) is 7.20. The number of thiocarbonyl (C=S) groups is 2. The van der Waals surface area contributed by atoms with E-state index in [-0.39, 0.29) is 23.4 Å². The van der Waals surface area contributed by atoms with Gasteiger partial charge in [-0.2, -0.15) is 0 Å². The van der Waals surface area contributed by atoms with Gasteiger partial charge in [0, 0.05) is 5.41 Å². The van der Waals surface area contributed by atoms with Crippen molar-refractivity contribution >= 4 is 34.8 Å². The van der Waals surface area contributed by atoms with E-state index in [2.05, 4.69) is 45.9 Å². The Labute approximate surface area is 197 Å². The van der Waals surface area contributed by atoms with Crippen LogP contribution in [0.25, 0.3) is 4.85 Å². The van der Waals surface area contributed by atoms with Crippen molar-refractivity contribution in [3.05, 3.63) is 11.4 Å². The number of aliphatic hydroxyl groups is 1. The SMILES string of the molecule is [C-]#[N+][C@@H]1[C@@H]2[C@@H]([C@@]3(C)CC[C@@H](C(C)(C)N=C=S)O3)CC[C@](C)(N=C=S)[C@@]2(C)CC[C@@]1(C)O. The second-order valence-corrected chi connectivity index (χ2v) is 11.7. The fraction of sp³-hybridized carbons (Fsp3) is 0.875. The molecule has 1 N–H and O–H groups in total. The average Bonchev–Trinajstić information content (AvgIpc) is 3.08. The molecule has 0 radical (unpaired) electrons. The monoisotopic (exact) mass is 461 g/mol. The molecule has 1 heterocycles. The molecule has 0 bridgehead atoms. The Morgan fingerprint density at radius 3 is 2.32 bits per heavy atom. The first-order chi connectivity index (χ1) is 14.3. The van der Waals surface area contributed by atoms with E-state index >= 15 is 0 Å².